The molecule has 92 valence electrons. The van der Waals surface area contributed by atoms with Crippen LogP contribution in [0.5, 0.6) is 0 Å². The molecule has 2 heteroatoms. The first-order valence-electron chi connectivity index (χ1n) is 6.53. The average molecular weight is 224 g/mol. The maximum absolute atomic E-state index is 5.94. The van der Waals surface area contributed by atoms with Crippen molar-refractivity contribution in [1.29, 1.82) is 0 Å². The van der Waals surface area contributed by atoms with Gasteiger partial charge in [0.2, 0.25) is 0 Å². The van der Waals surface area contributed by atoms with E-state index in [1.807, 2.05) is 0 Å². The molecule has 1 aliphatic carbocycles. The van der Waals surface area contributed by atoms with Crippen LogP contribution >= 0.6 is 0 Å². The summed E-state index contributed by atoms with van der Waals surface area (Å²) in [5, 5.41) is 0. The van der Waals surface area contributed by atoms with E-state index < -0.39 is 0 Å². The smallest absolute Gasteiger partial charge is 0.160 e. The van der Waals surface area contributed by atoms with Crippen LogP contribution in [0, 0.1) is 17.3 Å². The fourth-order valence-electron chi connectivity index (χ4n) is 2.46. The second-order valence-electron chi connectivity index (χ2n) is 5.74. The molecule has 0 radical (unpaired) electrons. The van der Waals surface area contributed by atoms with E-state index in [-0.39, 0.29) is 11.7 Å². The Bertz CT molecular complexity index is 251. The van der Waals surface area contributed by atoms with Crippen molar-refractivity contribution < 1.29 is 9.47 Å². The molecule has 1 fully saturated rings. The van der Waals surface area contributed by atoms with Crippen molar-refractivity contribution >= 4 is 0 Å². The van der Waals surface area contributed by atoms with Gasteiger partial charge in [-0.05, 0) is 25.2 Å². The molecule has 2 atom stereocenters. The summed E-state index contributed by atoms with van der Waals surface area (Å²) >= 11 is 0. The monoisotopic (exact) mass is 224 g/mol. The van der Waals surface area contributed by atoms with Gasteiger partial charge in [0.15, 0.2) is 6.29 Å². The van der Waals surface area contributed by atoms with Crippen molar-refractivity contribution in [3.63, 3.8) is 0 Å². The molecule has 2 rings (SSSR count). The van der Waals surface area contributed by atoms with Gasteiger partial charge in [-0.3, -0.25) is 0 Å². The Kier molecular flexibility index (Phi) is 3.70. The van der Waals surface area contributed by atoms with Gasteiger partial charge < -0.3 is 9.47 Å². The first kappa shape index (κ1) is 12.1. The highest BCUT2D eigenvalue weighted by atomic mass is 16.7. The molecule has 0 spiro atoms. The minimum absolute atomic E-state index is 0.0274. The highest BCUT2D eigenvalue weighted by molar-refractivity contribution is 4.95. The van der Waals surface area contributed by atoms with Crippen LogP contribution in [0.3, 0.4) is 0 Å². The van der Waals surface area contributed by atoms with Crippen LogP contribution in [0.15, 0.2) is 12.2 Å². The van der Waals surface area contributed by atoms with Crippen LogP contribution in [-0.2, 0) is 9.47 Å². The van der Waals surface area contributed by atoms with E-state index in [2.05, 4.69) is 32.9 Å². The highest BCUT2D eigenvalue weighted by Gasteiger charge is 2.36. The first-order valence-corrected chi connectivity index (χ1v) is 6.53. The van der Waals surface area contributed by atoms with Gasteiger partial charge in [0.25, 0.3) is 0 Å². The van der Waals surface area contributed by atoms with Crippen molar-refractivity contribution in [2.24, 2.45) is 17.3 Å². The van der Waals surface area contributed by atoms with Gasteiger partial charge in [-0.1, -0.05) is 32.9 Å². The van der Waals surface area contributed by atoms with E-state index in [1.165, 1.54) is 6.42 Å². The third kappa shape index (κ3) is 2.49. The Morgan fingerprint density at radius 3 is 2.38 bits per heavy atom. The molecule has 0 amide bonds. The molecule has 0 aromatic carbocycles. The van der Waals surface area contributed by atoms with Gasteiger partial charge in [0, 0.05) is 11.3 Å². The van der Waals surface area contributed by atoms with Crippen LogP contribution in [0.2, 0.25) is 0 Å². The fourth-order valence-corrected chi connectivity index (χ4v) is 2.46. The Morgan fingerprint density at radius 1 is 1.19 bits per heavy atom. The predicted octanol–water partition coefficient (Wildman–Crippen LogP) is 3.38. The molecule has 0 saturated carbocycles. The average Bonchev–Trinajstić information content (AvgIpc) is 2.31. The number of rotatable bonds is 2. The predicted molar refractivity (Wildman–Crippen MR) is 65.1 cm³/mol. The lowest BCUT2D eigenvalue weighted by Gasteiger charge is -2.41. The molecular formula is C14H24O2. The standard InChI is InChI=1S/C14H24O2/c1-4-14(3)9-15-13(16-10-14)12-8-6-5-7-11(12)2/h5-6,11-13H,4,7-10H2,1-3H3/t11-,12+,13?,14?/m1/s1. The van der Waals surface area contributed by atoms with E-state index in [0.717, 1.165) is 26.1 Å². The Labute approximate surface area is 99.0 Å². The molecule has 0 N–H and O–H groups in total. The van der Waals surface area contributed by atoms with Crippen molar-refractivity contribution in [1.82, 2.24) is 0 Å². The lowest BCUT2D eigenvalue weighted by atomic mass is 9.82. The molecule has 0 unspecified atom stereocenters. The number of hydrogen-bond donors (Lipinski definition) is 0. The summed E-state index contributed by atoms with van der Waals surface area (Å²) in [6.45, 7) is 8.45. The molecule has 0 aromatic heterocycles. The quantitative estimate of drug-likeness (QED) is 0.669. The molecule has 0 aromatic rings. The van der Waals surface area contributed by atoms with E-state index >= 15 is 0 Å². The molecule has 0 bridgehead atoms. The third-order valence-electron chi connectivity index (χ3n) is 4.21. The van der Waals surface area contributed by atoms with Gasteiger partial charge in [0.1, 0.15) is 0 Å². The van der Waals surface area contributed by atoms with Crippen LogP contribution in [0.4, 0.5) is 0 Å². The van der Waals surface area contributed by atoms with E-state index in [4.69, 9.17) is 9.47 Å². The van der Waals surface area contributed by atoms with Crippen LogP contribution in [-0.4, -0.2) is 19.5 Å². The summed E-state index contributed by atoms with van der Waals surface area (Å²) in [7, 11) is 0. The Balaban J connectivity index is 1.91. The van der Waals surface area contributed by atoms with Gasteiger partial charge in [-0.2, -0.15) is 0 Å². The number of hydrogen-bond acceptors (Lipinski definition) is 2. The second kappa shape index (κ2) is 4.89. The van der Waals surface area contributed by atoms with Crippen molar-refractivity contribution in [3.05, 3.63) is 12.2 Å². The zero-order valence-corrected chi connectivity index (χ0v) is 10.7. The minimum atomic E-state index is 0.0274. The molecule has 2 nitrogen and oxygen atoms in total. The maximum Gasteiger partial charge on any atom is 0.160 e. The molecule has 1 aliphatic heterocycles. The van der Waals surface area contributed by atoms with E-state index in [1.54, 1.807) is 0 Å². The Hall–Kier alpha value is -0.340. The van der Waals surface area contributed by atoms with Crippen molar-refractivity contribution in [2.75, 3.05) is 13.2 Å². The van der Waals surface area contributed by atoms with Gasteiger partial charge >= 0.3 is 0 Å². The van der Waals surface area contributed by atoms with E-state index in [9.17, 15) is 0 Å². The normalized spacial score (nSPS) is 44.6. The third-order valence-corrected chi connectivity index (χ3v) is 4.21. The molecule has 1 heterocycles. The SMILES string of the molecule is CCC1(C)COC([C@H]2CC=CC[C@H]2C)OC1. The highest BCUT2D eigenvalue weighted by Crippen LogP contribution is 2.35. The minimum Gasteiger partial charge on any atom is -0.352 e. The number of allylic oxidation sites excluding steroid dienone is 2. The second-order valence-corrected chi connectivity index (χ2v) is 5.74. The van der Waals surface area contributed by atoms with E-state index in [0.29, 0.717) is 11.8 Å². The molecule has 1 saturated heterocycles. The summed E-state index contributed by atoms with van der Waals surface area (Å²) in [6.07, 6.45) is 7.97. The van der Waals surface area contributed by atoms with Gasteiger partial charge in [-0.15, -0.1) is 0 Å². The summed E-state index contributed by atoms with van der Waals surface area (Å²) in [6, 6.07) is 0. The lowest BCUT2D eigenvalue weighted by molar-refractivity contribution is -0.253. The lowest BCUT2D eigenvalue weighted by Crippen LogP contribution is -2.44. The van der Waals surface area contributed by atoms with Gasteiger partial charge in [-0.25, -0.2) is 0 Å². The first-order chi connectivity index (χ1) is 7.64. The largest absolute Gasteiger partial charge is 0.352 e. The van der Waals surface area contributed by atoms with Crippen molar-refractivity contribution in [3.8, 4) is 0 Å². The topological polar surface area (TPSA) is 18.5 Å². The summed E-state index contributed by atoms with van der Waals surface area (Å²) < 4.78 is 11.9. The fraction of sp³-hybridized carbons (Fsp3) is 0.857. The summed E-state index contributed by atoms with van der Waals surface area (Å²) in [5.74, 6) is 1.23. The summed E-state index contributed by atoms with van der Waals surface area (Å²) in [5.41, 5.74) is 0.226. The molecule has 2 aliphatic rings. The van der Waals surface area contributed by atoms with Gasteiger partial charge in [0.05, 0.1) is 13.2 Å². The summed E-state index contributed by atoms with van der Waals surface area (Å²) in [4.78, 5) is 0. The number of ether oxygens (including phenoxy) is 2. The van der Waals surface area contributed by atoms with Crippen LogP contribution in [0.1, 0.15) is 40.0 Å². The van der Waals surface area contributed by atoms with Crippen LogP contribution in [0.25, 0.3) is 0 Å². The maximum atomic E-state index is 5.94. The zero-order valence-electron chi connectivity index (χ0n) is 10.7. The zero-order chi connectivity index (χ0) is 11.6. The molecule has 16 heavy (non-hydrogen) atoms. The van der Waals surface area contributed by atoms with Crippen LogP contribution < -0.4 is 0 Å². The van der Waals surface area contributed by atoms with Crippen molar-refractivity contribution in [2.45, 2.75) is 46.3 Å². The molecular weight excluding hydrogens is 200 g/mol. The Morgan fingerprint density at radius 2 is 1.81 bits per heavy atom.